The second-order valence-corrected chi connectivity index (χ2v) is 9.48. The van der Waals surface area contributed by atoms with Crippen LogP contribution in [0, 0.1) is 17.8 Å². The third kappa shape index (κ3) is 2.95. The van der Waals surface area contributed by atoms with Crippen LogP contribution in [0.2, 0.25) is 0 Å². The monoisotopic (exact) mass is 445 g/mol. The molecule has 0 saturated heterocycles. The minimum atomic E-state index is -0.0798. The van der Waals surface area contributed by atoms with Crippen LogP contribution in [0.4, 0.5) is 5.69 Å². The fourth-order valence-corrected chi connectivity index (χ4v) is 6.04. The van der Waals surface area contributed by atoms with Gasteiger partial charge >= 0.3 is 0 Å². The highest BCUT2D eigenvalue weighted by Gasteiger charge is 2.53. The number of hydrogen-bond acceptors (Lipinski definition) is 1. The second-order valence-electron chi connectivity index (χ2n) is 8.56. The summed E-state index contributed by atoms with van der Waals surface area (Å²) in [4.78, 5) is 13.7. The Kier molecular flexibility index (Phi) is 4.59. The molecule has 3 heteroatoms. The predicted molar refractivity (Wildman–Crippen MR) is 121 cm³/mol. The number of carbonyl (C=O) groups excluding carboxylic acids is 1. The van der Waals surface area contributed by atoms with Gasteiger partial charge in [0.2, 0.25) is 5.91 Å². The summed E-state index contributed by atoms with van der Waals surface area (Å²) >= 11 is 3.51. The number of fused-ring (bicyclic) bond motifs is 1. The van der Waals surface area contributed by atoms with Gasteiger partial charge in [0.05, 0.1) is 5.92 Å². The van der Waals surface area contributed by atoms with Crippen molar-refractivity contribution in [3.05, 3.63) is 99.5 Å². The van der Waals surface area contributed by atoms with Crippen LogP contribution in [0.3, 0.4) is 0 Å². The number of carbonyl (C=O) groups is 1. The lowest BCUT2D eigenvalue weighted by Crippen LogP contribution is -2.47. The molecule has 1 N–H and O–H groups in total. The molecule has 3 aromatic rings. The predicted octanol–water partition coefficient (Wildman–Crippen LogP) is 6.57. The van der Waals surface area contributed by atoms with Crippen molar-refractivity contribution in [3.8, 4) is 0 Å². The molecule has 0 saturated carbocycles. The summed E-state index contributed by atoms with van der Waals surface area (Å²) < 4.78 is 0.969. The molecule has 2 nitrogen and oxygen atoms in total. The minimum Gasteiger partial charge on any atom is -0.326 e. The molecule has 0 heterocycles. The van der Waals surface area contributed by atoms with Gasteiger partial charge in [-0.25, -0.2) is 0 Å². The average molecular weight is 446 g/mol. The van der Waals surface area contributed by atoms with E-state index in [1.54, 1.807) is 0 Å². The summed E-state index contributed by atoms with van der Waals surface area (Å²) in [6.45, 7) is 4.52. The standard InChI is InChI=1S/C26H24BrNO/c1-15(2)22-23-18-10-3-5-12-20(18)24(21-13-6-4-11-19(21)23)25(22)26(29)28-17-9-7-8-16(27)14-17/h3-15,22-25H,1-2H3,(H,28,29)/t22-,23?,24?,25-/m1/s1. The molecule has 0 radical (unpaired) electrons. The summed E-state index contributed by atoms with van der Waals surface area (Å²) in [6, 6.07) is 25.3. The highest BCUT2D eigenvalue weighted by Crippen LogP contribution is 2.60. The van der Waals surface area contributed by atoms with Crippen LogP contribution in [0.25, 0.3) is 0 Å². The molecule has 0 aromatic heterocycles. The molecule has 0 aliphatic heterocycles. The lowest BCUT2D eigenvalue weighted by Gasteiger charge is -2.51. The Morgan fingerprint density at radius 3 is 1.90 bits per heavy atom. The van der Waals surface area contributed by atoms with Gasteiger partial charge in [-0.15, -0.1) is 0 Å². The molecule has 2 bridgehead atoms. The number of rotatable bonds is 3. The van der Waals surface area contributed by atoms with E-state index in [1.165, 1.54) is 22.3 Å². The lowest BCUT2D eigenvalue weighted by atomic mass is 9.52. The maximum atomic E-state index is 13.7. The molecule has 2 atom stereocenters. The van der Waals surface area contributed by atoms with Crippen molar-refractivity contribution in [2.75, 3.05) is 5.32 Å². The number of benzene rings is 3. The van der Waals surface area contributed by atoms with Gasteiger partial charge in [0.15, 0.2) is 0 Å². The third-order valence-electron chi connectivity index (χ3n) is 6.66. The first-order valence-electron chi connectivity index (χ1n) is 10.3. The Bertz CT molecular complexity index is 1040. The molecule has 0 spiro atoms. The van der Waals surface area contributed by atoms with Crippen LogP contribution in [0.1, 0.15) is 47.9 Å². The zero-order valence-corrected chi connectivity index (χ0v) is 18.2. The quantitative estimate of drug-likeness (QED) is 0.485. The lowest BCUT2D eigenvalue weighted by molar-refractivity contribution is -0.123. The van der Waals surface area contributed by atoms with E-state index in [-0.39, 0.29) is 29.6 Å². The largest absolute Gasteiger partial charge is 0.326 e. The molecule has 29 heavy (non-hydrogen) atoms. The average Bonchev–Trinajstić information content (AvgIpc) is 2.73. The van der Waals surface area contributed by atoms with Crippen LogP contribution >= 0.6 is 15.9 Å². The number of anilines is 1. The summed E-state index contributed by atoms with van der Waals surface area (Å²) in [5.74, 6) is 1.10. The first-order valence-corrected chi connectivity index (χ1v) is 11.1. The number of amides is 1. The molecule has 146 valence electrons. The van der Waals surface area contributed by atoms with E-state index in [0.717, 1.165) is 10.2 Å². The van der Waals surface area contributed by atoms with Crippen molar-refractivity contribution < 1.29 is 4.79 Å². The summed E-state index contributed by atoms with van der Waals surface area (Å²) in [6.07, 6.45) is 0. The van der Waals surface area contributed by atoms with Gasteiger partial charge in [-0.05, 0) is 52.3 Å². The second kappa shape index (κ2) is 7.14. The molecule has 0 fully saturated rings. The highest BCUT2D eigenvalue weighted by atomic mass is 79.9. The SMILES string of the molecule is CC(C)[C@@H]1C2c3ccccc3C(c3ccccc32)[C@@H]1C(=O)Nc1cccc(Br)c1. The number of halogens is 1. The van der Waals surface area contributed by atoms with Crippen molar-refractivity contribution >= 4 is 27.5 Å². The summed E-state index contributed by atoms with van der Waals surface area (Å²) in [7, 11) is 0. The highest BCUT2D eigenvalue weighted by molar-refractivity contribution is 9.10. The molecule has 3 aromatic carbocycles. The Balaban J connectivity index is 1.64. The van der Waals surface area contributed by atoms with Crippen LogP contribution in [0.5, 0.6) is 0 Å². The fraction of sp³-hybridized carbons (Fsp3) is 0.269. The molecular formula is C26H24BrNO. The molecule has 0 unspecified atom stereocenters. The third-order valence-corrected chi connectivity index (χ3v) is 7.15. The van der Waals surface area contributed by atoms with Gasteiger partial charge in [0, 0.05) is 22.0 Å². The minimum absolute atomic E-state index is 0.0798. The summed E-state index contributed by atoms with van der Waals surface area (Å²) in [5, 5.41) is 3.21. The molecule has 3 aliphatic rings. The van der Waals surface area contributed by atoms with Crippen LogP contribution in [-0.2, 0) is 4.79 Å². The molecule has 3 aliphatic carbocycles. The van der Waals surface area contributed by atoms with Crippen LogP contribution < -0.4 is 5.32 Å². The van der Waals surface area contributed by atoms with E-state index in [4.69, 9.17) is 0 Å². The van der Waals surface area contributed by atoms with Crippen molar-refractivity contribution in [2.24, 2.45) is 17.8 Å². The van der Waals surface area contributed by atoms with E-state index >= 15 is 0 Å². The molecule has 1 amide bonds. The normalized spacial score (nSPS) is 24.1. The number of hydrogen-bond donors (Lipinski definition) is 1. The fourth-order valence-electron chi connectivity index (χ4n) is 5.64. The van der Waals surface area contributed by atoms with E-state index < -0.39 is 0 Å². The van der Waals surface area contributed by atoms with E-state index in [0.29, 0.717) is 5.92 Å². The van der Waals surface area contributed by atoms with Gasteiger partial charge in [0.1, 0.15) is 0 Å². The smallest absolute Gasteiger partial charge is 0.228 e. The van der Waals surface area contributed by atoms with Crippen molar-refractivity contribution in [2.45, 2.75) is 25.7 Å². The maximum absolute atomic E-state index is 13.7. The van der Waals surface area contributed by atoms with E-state index in [2.05, 4.69) is 83.6 Å². The van der Waals surface area contributed by atoms with Gasteiger partial charge < -0.3 is 5.32 Å². The Morgan fingerprint density at radius 2 is 1.38 bits per heavy atom. The number of nitrogens with one attached hydrogen (secondary N) is 1. The Hall–Kier alpha value is -2.39. The van der Waals surface area contributed by atoms with Gasteiger partial charge in [-0.2, -0.15) is 0 Å². The maximum Gasteiger partial charge on any atom is 0.228 e. The first kappa shape index (κ1) is 18.6. The van der Waals surface area contributed by atoms with Crippen molar-refractivity contribution in [1.29, 1.82) is 0 Å². The molecular weight excluding hydrogens is 422 g/mol. The van der Waals surface area contributed by atoms with Crippen LogP contribution in [-0.4, -0.2) is 5.91 Å². The van der Waals surface area contributed by atoms with Crippen molar-refractivity contribution in [3.63, 3.8) is 0 Å². The van der Waals surface area contributed by atoms with Gasteiger partial charge in [-0.3, -0.25) is 4.79 Å². The topological polar surface area (TPSA) is 29.1 Å². The Morgan fingerprint density at radius 1 is 0.828 bits per heavy atom. The first-order chi connectivity index (χ1) is 14.1. The van der Waals surface area contributed by atoms with Crippen LogP contribution in [0.15, 0.2) is 77.3 Å². The van der Waals surface area contributed by atoms with E-state index in [1.807, 2.05) is 24.3 Å². The Labute approximate surface area is 180 Å². The van der Waals surface area contributed by atoms with Crippen molar-refractivity contribution in [1.82, 2.24) is 0 Å². The van der Waals surface area contributed by atoms with Gasteiger partial charge in [-0.1, -0.05) is 84.4 Å². The van der Waals surface area contributed by atoms with Gasteiger partial charge in [0.25, 0.3) is 0 Å². The summed E-state index contributed by atoms with van der Waals surface area (Å²) in [5.41, 5.74) is 6.29. The molecule has 6 rings (SSSR count). The zero-order chi connectivity index (χ0) is 20.1. The zero-order valence-electron chi connectivity index (χ0n) is 16.6. The van der Waals surface area contributed by atoms with E-state index in [9.17, 15) is 4.79 Å².